The summed E-state index contributed by atoms with van der Waals surface area (Å²) in [7, 11) is -3.60. The third-order valence-electron chi connectivity index (χ3n) is 5.30. The predicted molar refractivity (Wildman–Crippen MR) is 114 cm³/mol. The number of sulfonamides is 1. The molecule has 0 aliphatic rings. The van der Waals surface area contributed by atoms with Gasteiger partial charge in [0.15, 0.2) is 0 Å². The molecule has 0 heterocycles. The molecule has 0 unspecified atom stereocenters. The zero-order chi connectivity index (χ0) is 21.1. The molecule has 6 heteroatoms. The Labute approximate surface area is 168 Å². The second-order valence-electron chi connectivity index (χ2n) is 7.45. The molecule has 1 N–H and O–H groups in total. The highest BCUT2D eigenvalue weighted by molar-refractivity contribution is 7.89. The summed E-state index contributed by atoms with van der Waals surface area (Å²) in [5, 5.41) is 2.96. The van der Waals surface area contributed by atoms with Crippen LogP contribution in [-0.2, 0) is 20.2 Å². The van der Waals surface area contributed by atoms with Crippen LogP contribution in [0.25, 0.3) is 0 Å². The van der Waals surface area contributed by atoms with Crippen molar-refractivity contribution in [2.45, 2.75) is 51.9 Å². The lowest BCUT2D eigenvalue weighted by atomic mass is 9.83. The third-order valence-corrected chi connectivity index (χ3v) is 7.32. The lowest BCUT2D eigenvalue weighted by Crippen LogP contribution is -2.35. The number of nitrogens with zero attached hydrogens (tertiary/aromatic N) is 1. The van der Waals surface area contributed by atoms with E-state index < -0.39 is 15.4 Å². The minimum absolute atomic E-state index is 0.182. The van der Waals surface area contributed by atoms with E-state index in [9.17, 15) is 13.2 Å². The highest BCUT2D eigenvalue weighted by atomic mass is 32.2. The lowest BCUT2D eigenvalue weighted by molar-refractivity contribution is -0.120. The molecule has 152 valence electrons. The highest BCUT2D eigenvalue weighted by Crippen LogP contribution is 2.29. The minimum atomic E-state index is -3.60. The number of aryl methyl sites for hydroxylation is 1. The maximum Gasteiger partial charge on any atom is 0.243 e. The van der Waals surface area contributed by atoms with Crippen LogP contribution in [0.3, 0.4) is 0 Å². The Balaban J connectivity index is 2.44. The van der Waals surface area contributed by atoms with Gasteiger partial charge in [-0.25, -0.2) is 8.42 Å². The van der Waals surface area contributed by atoms with Crippen LogP contribution in [0, 0.1) is 13.8 Å². The molecule has 0 saturated heterocycles. The van der Waals surface area contributed by atoms with Crippen LogP contribution in [0.1, 0.15) is 44.4 Å². The van der Waals surface area contributed by atoms with Crippen molar-refractivity contribution in [2.75, 3.05) is 18.4 Å². The zero-order valence-electron chi connectivity index (χ0n) is 17.5. The summed E-state index contributed by atoms with van der Waals surface area (Å²) in [5.41, 5.74) is 2.35. The molecule has 5 nitrogen and oxygen atoms in total. The van der Waals surface area contributed by atoms with Gasteiger partial charge in [0.25, 0.3) is 0 Å². The van der Waals surface area contributed by atoms with Crippen LogP contribution in [-0.4, -0.2) is 31.7 Å². The Morgan fingerprint density at radius 3 is 2.14 bits per heavy atom. The van der Waals surface area contributed by atoms with Gasteiger partial charge in [0, 0.05) is 18.8 Å². The second-order valence-corrected chi connectivity index (χ2v) is 9.39. The maximum absolute atomic E-state index is 13.0. The van der Waals surface area contributed by atoms with Gasteiger partial charge in [-0.3, -0.25) is 4.79 Å². The number of carbonyl (C=O) groups is 1. The Kier molecular flexibility index (Phi) is 6.67. The summed E-state index contributed by atoms with van der Waals surface area (Å²) in [5.74, 6) is -0.182. The molecular formula is C22H30N2O3S. The summed E-state index contributed by atoms with van der Waals surface area (Å²) >= 11 is 0. The zero-order valence-corrected chi connectivity index (χ0v) is 18.4. The normalized spacial score (nSPS) is 12.2. The van der Waals surface area contributed by atoms with E-state index in [1.54, 1.807) is 12.1 Å². The van der Waals surface area contributed by atoms with Crippen LogP contribution >= 0.6 is 0 Å². The first-order valence-electron chi connectivity index (χ1n) is 9.54. The molecule has 0 aliphatic carbocycles. The van der Waals surface area contributed by atoms with Gasteiger partial charge in [-0.15, -0.1) is 0 Å². The largest absolute Gasteiger partial charge is 0.325 e. The number of nitrogens with one attached hydrogen (secondary N) is 1. The molecule has 0 aromatic heterocycles. The van der Waals surface area contributed by atoms with Gasteiger partial charge in [0.05, 0.1) is 10.3 Å². The highest BCUT2D eigenvalue weighted by Gasteiger charge is 2.31. The van der Waals surface area contributed by atoms with Gasteiger partial charge >= 0.3 is 0 Å². The number of amides is 1. The van der Waals surface area contributed by atoms with Crippen molar-refractivity contribution >= 4 is 21.6 Å². The molecule has 0 bridgehead atoms. The molecule has 28 heavy (non-hydrogen) atoms. The van der Waals surface area contributed by atoms with E-state index in [1.165, 1.54) is 4.31 Å². The van der Waals surface area contributed by atoms with Crippen LogP contribution in [0.5, 0.6) is 0 Å². The van der Waals surface area contributed by atoms with Crippen LogP contribution in [0.15, 0.2) is 47.4 Å². The minimum Gasteiger partial charge on any atom is -0.325 e. The molecule has 0 fully saturated rings. The monoisotopic (exact) mass is 402 g/mol. The Morgan fingerprint density at radius 2 is 1.61 bits per heavy atom. The molecule has 0 saturated carbocycles. The van der Waals surface area contributed by atoms with Crippen molar-refractivity contribution < 1.29 is 13.2 Å². The van der Waals surface area contributed by atoms with E-state index in [0.29, 0.717) is 18.8 Å². The predicted octanol–water partition coefficient (Wildman–Crippen LogP) is 4.25. The SMILES string of the molecule is CCN(CC)S(=O)(=O)c1cc(C)c(C)c(NC(=O)C(C)(C)c2ccccc2)c1. The van der Waals surface area contributed by atoms with E-state index in [-0.39, 0.29) is 10.8 Å². The summed E-state index contributed by atoms with van der Waals surface area (Å²) in [6, 6.07) is 12.8. The van der Waals surface area contributed by atoms with Crippen LogP contribution in [0.4, 0.5) is 5.69 Å². The quantitative estimate of drug-likeness (QED) is 0.753. The van der Waals surface area contributed by atoms with E-state index >= 15 is 0 Å². The number of carbonyl (C=O) groups excluding carboxylic acids is 1. The summed E-state index contributed by atoms with van der Waals surface area (Å²) in [6.45, 7) is 11.9. The van der Waals surface area contributed by atoms with Gasteiger partial charge in [-0.2, -0.15) is 4.31 Å². The smallest absolute Gasteiger partial charge is 0.243 e. The van der Waals surface area contributed by atoms with E-state index in [2.05, 4.69) is 5.32 Å². The molecule has 2 rings (SSSR count). The van der Waals surface area contributed by atoms with Gasteiger partial charge < -0.3 is 5.32 Å². The Morgan fingerprint density at radius 1 is 1.04 bits per heavy atom. The average Bonchev–Trinajstić information content (AvgIpc) is 2.66. The Hall–Kier alpha value is -2.18. The first kappa shape index (κ1) is 22.1. The van der Waals surface area contributed by atoms with Gasteiger partial charge in [0.1, 0.15) is 0 Å². The summed E-state index contributed by atoms with van der Waals surface area (Å²) < 4.78 is 27.3. The molecule has 2 aromatic carbocycles. The summed E-state index contributed by atoms with van der Waals surface area (Å²) in [6.07, 6.45) is 0. The first-order valence-corrected chi connectivity index (χ1v) is 11.0. The van der Waals surface area contributed by atoms with Crippen molar-refractivity contribution in [3.05, 3.63) is 59.2 Å². The number of benzene rings is 2. The van der Waals surface area contributed by atoms with Gasteiger partial charge in [-0.05, 0) is 56.5 Å². The van der Waals surface area contributed by atoms with Crippen molar-refractivity contribution in [2.24, 2.45) is 0 Å². The van der Waals surface area contributed by atoms with E-state index in [0.717, 1.165) is 16.7 Å². The van der Waals surface area contributed by atoms with Crippen molar-refractivity contribution in [3.8, 4) is 0 Å². The topological polar surface area (TPSA) is 66.5 Å². The standard InChI is InChI=1S/C22H30N2O3S/c1-7-24(8-2)28(26,27)19-14-16(3)17(4)20(15-19)23-21(25)22(5,6)18-12-10-9-11-13-18/h9-15H,7-8H2,1-6H3,(H,23,25). The molecule has 1 amide bonds. The summed E-state index contributed by atoms with van der Waals surface area (Å²) in [4.78, 5) is 13.2. The fraction of sp³-hybridized carbons (Fsp3) is 0.409. The van der Waals surface area contributed by atoms with E-state index in [4.69, 9.17) is 0 Å². The average molecular weight is 403 g/mol. The van der Waals surface area contributed by atoms with Gasteiger partial charge in [0.2, 0.25) is 15.9 Å². The van der Waals surface area contributed by atoms with Gasteiger partial charge in [-0.1, -0.05) is 44.2 Å². The van der Waals surface area contributed by atoms with E-state index in [1.807, 2.05) is 71.9 Å². The fourth-order valence-electron chi connectivity index (χ4n) is 3.08. The second kappa shape index (κ2) is 8.45. The Bertz CT molecular complexity index is 947. The molecule has 2 aromatic rings. The first-order chi connectivity index (χ1) is 13.1. The molecule has 0 spiro atoms. The van der Waals surface area contributed by atoms with Crippen molar-refractivity contribution in [1.82, 2.24) is 4.31 Å². The van der Waals surface area contributed by atoms with Crippen LogP contribution < -0.4 is 5.32 Å². The number of hydrogen-bond acceptors (Lipinski definition) is 3. The third kappa shape index (κ3) is 4.28. The van der Waals surface area contributed by atoms with Crippen molar-refractivity contribution in [3.63, 3.8) is 0 Å². The molecule has 0 aliphatic heterocycles. The molecule has 0 radical (unpaired) electrons. The molecule has 0 atom stereocenters. The molecular weight excluding hydrogens is 372 g/mol. The maximum atomic E-state index is 13.0. The number of hydrogen-bond donors (Lipinski definition) is 1. The lowest BCUT2D eigenvalue weighted by Gasteiger charge is -2.25. The number of rotatable bonds is 7. The van der Waals surface area contributed by atoms with Crippen molar-refractivity contribution in [1.29, 1.82) is 0 Å². The van der Waals surface area contributed by atoms with Crippen LogP contribution in [0.2, 0.25) is 0 Å². The fourth-order valence-corrected chi connectivity index (χ4v) is 4.65. The number of anilines is 1.